The highest BCUT2D eigenvalue weighted by Crippen LogP contribution is 2.31. The maximum Gasteiger partial charge on any atom is 0.312 e. The van der Waals surface area contributed by atoms with Crippen LogP contribution in [0.2, 0.25) is 0 Å². The van der Waals surface area contributed by atoms with Gasteiger partial charge >= 0.3 is 11.9 Å². The first kappa shape index (κ1) is 54.0. The van der Waals surface area contributed by atoms with E-state index in [0.717, 1.165) is 49.8 Å². The van der Waals surface area contributed by atoms with E-state index in [-0.39, 0.29) is 30.1 Å². The molecule has 0 fully saturated rings. The topological polar surface area (TPSA) is 92.6 Å². The zero-order valence-corrected chi connectivity index (χ0v) is 40.0. The van der Waals surface area contributed by atoms with Crippen LogP contribution in [-0.4, -0.2) is 35.3 Å². The fraction of sp³-hybridized carbons (Fsp3) is 0.843. The first-order chi connectivity index (χ1) is 29.6. The van der Waals surface area contributed by atoms with Gasteiger partial charge in [0.25, 0.3) is 0 Å². The highest BCUT2D eigenvalue weighted by atomic mass is 32.2. The zero-order valence-electron chi connectivity index (χ0n) is 39.2. The number of unbranched alkanes of at least 4 members (excludes halogenated alkanes) is 32. The van der Waals surface area contributed by atoms with E-state index in [4.69, 9.17) is 9.47 Å². The summed E-state index contributed by atoms with van der Waals surface area (Å²) in [6.45, 7) is 3.75. The molecule has 2 rings (SSSR count). The SMILES string of the molecule is CCCCCCCCCCCCCCCCCCCCCCCCC(C(=O)OC)[C@@H](CCCCCCCCCCCCCCSN1NN=N[C@H]1c1ccccc1)OC(C)=O. The zero-order chi connectivity index (χ0) is 43.0. The van der Waals surface area contributed by atoms with Gasteiger partial charge in [-0.05, 0) is 31.2 Å². The van der Waals surface area contributed by atoms with Gasteiger partial charge < -0.3 is 9.47 Å². The van der Waals surface area contributed by atoms with Crippen molar-refractivity contribution >= 4 is 23.9 Å². The number of esters is 2. The van der Waals surface area contributed by atoms with Gasteiger partial charge in [0.1, 0.15) is 6.10 Å². The van der Waals surface area contributed by atoms with E-state index in [9.17, 15) is 9.59 Å². The lowest BCUT2D eigenvalue weighted by Gasteiger charge is -2.25. The minimum absolute atomic E-state index is 0.0458. The van der Waals surface area contributed by atoms with Crippen LogP contribution in [0.25, 0.3) is 0 Å². The third kappa shape index (κ3) is 29.2. The fourth-order valence-electron chi connectivity index (χ4n) is 8.67. The number of nitrogens with one attached hydrogen (secondary N) is 1. The number of ether oxygens (including phenoxy) is 2. The lowest BCUT2D eigenvalue weighted by atomic mass is 9.91. The first-order valence-corrected chi connectivity index (χ1v) is 26.4. The number of benzene rings is 1. The van der Waals surface area contributed by atoms with Crippen molar-refractivity contribution in [1.82, 2.24) is 9.95 Å². The molecule has 0 aliphatic carbocycles. The van der Waals surface area contributed by atoms with Gasteiger partial charge in [0, 0.05) is 12.7 Å². The normalized spacial score (nSPS) is 14.9. The van der Waals surface area contributed by atoms with Crippen LogP contribution in [0.3, 0.4) is 0 Å². The van der Waals surface area contributed by atoms with Gasteiger partial charge in [-0.2, -0.15) is 0 Å². The molecule has 346 valence electrons. The first-order valence-electron chi connectivity index (χ1n) is 25.4. The molecule has 1 aliphatic heterocycles. The third-order valence-electron chi connectivity index (χ3n) is 12.4. The van der Waals surface area contributed by atoms with Gasteiger partial charge in [-0.1, -0.05) is 260 Å². The van der Waals surface area contributed by atoms with E-state index in [1.807, 2.05) is 18.2 Å². The Morgan fingerprint density at radius 1 is 0.600 bits per heavy atom. The molecule has 0 spiro atoms. The lowest BCUT2D eigenvalue weighted by Crippen LogP contribution is -2.33. The van der Waals surface area contributed by atoms with Crippen molar-refractivity contribution in [3.8, 4) is 0 Å². The molecule has 9 heteroatoms. The van der Waals surface area contributed by atoms with Gasteiger partial charge in [-0.3, -0.25) is 9.59 Å². The van der Waals surface area contributed by atoms with Gasteiger partial charge in [0.05, 0.1) is 13.0 Å². The molecular formula is C51H92N4O4S. The minimum atomic E-state index is -0.377. The number of nitrogens with zero attached hydrogens (tertiary/aromatic N) is 3. The van der Waals surface area contributed by atoms with E-state index < -0.39 is 0 Å². The largest absolute Gasteiger partial charge is 0.469 e. The maximum absolute atomic E-state index is 12.8. The van der Waals surface area contributed by atoms with Crippen LogP contribution in [0.15, 0.2) is 40.7 Å². The van der Waals surface area contributed by atoms with Crippen molar-refractivity contribution in [3.05, 3.63) is 35.9 Å². The molecule has 1 aromatic carbocycles. The number of carbonyl (C=O) groups excluding carboxylic acids is 2. The van der Waals surface area contributed by atoms with E-state index >= 15 is 0 Å². The molecule has 0 radical (unpaired) electrons. The Kier molecular flexibility index (Phi) is 35.7. The van der Waals surface area contributed by atoms with E-state index in [2.05, 4.69) is 39.3 Å². The Balaban J connectivity index is 1.40. The predicted molar refractivity (Wildman–Crippen MR) is 254 cm³/mol. The molecule has 1 unspecified atom stereocenters. The van der Waals surface area contributed by atoms with Crippen LogP contribution in [-0.2, 0) is 19.1 Å². The molecule has 0 saturated heterocycles. The monoisotopic (exact) mass is 857 g/mol. The molecule has 1 aliphatic rings. The number of methoxy groups -OCH3 is 1. The number of hydrogen-bond donors (Lipinski definition) is 1. The summed E-state index contributed by atoms with van der Waals surface area (Å²) in [5.74, 6) is 0.189. The second kappa shape index (κ2) is 39.7. The number of hydrogen-bond acceptors (Lipinski definition) is 9. The molecular weight excluding hydrogens is 765 g/mol. The van der Waals surface area contributed by atoms with Gasteiger partial charge in [-0.25, -0.2) is 5.53 Å². The molecule has 1 heterocycles. The molecule has 60 heavy (non-hydrogen) atoms. The van der Waals surface area contributed by atoms with E-state index in [1.165, 1.54) is 207 Å². The Bertz CT molecular complexity index is 1160. The van der Waals surface area contributed by atoms with Crippen molar-refractivity contribution < 1.29 is 19.1 Å². The van der Waals surface area contributed by atoms with Crippen molar-refractivity contribution in [2.75, 3.05) is 12.9 Å². The number of carbonyl (C=O) groups is 2. The molecule has 1 aromatic rings. The van der Waals surface area contributed by atoms with Crippen molar-refractivity contribution in [2.24, 2.45) is 16.3 Å². The Morgan fingerprint density at radius 2 is 1.00 bits per heavy atom. The second-order valence-corrected chi connectivity index (χ2v) is 18.8. The average Bonchev–Trinajstić information content (AvgIpc) is 3.73. The van der Waals surface area contributed by atoms with Crippen molar-refractivity contribution in [3.63, 3.8) is 0 Å². The number of rotatable bonds is 43. The molecule has 0 amide bonds. The van der Waals surface area contributed by atoms with Crippen LogP contribution >= 0.6 is 11.9 Å². The van der Waals surface area contributed by atoms with Crippen LogP contribution in [0.4, 0.5) is 0 Å². The standard InChI is InChI=1S/C51H92N4O4S/c1-4-5-6-7-8-9-10-11-12-13-14-15-16-17-18-19-20-23-26-29-32-38-43-48(51(57)58-3)49(59-46(2)56)44-39-33-30-27-24-21-22-25-28-31-34-40-45-60-55-50(52-53-54-55)47-41-36-35-37-42-47/h35-37,41-42,48-50H,4-34,38-40,43-45H2,1-3H3,(H,52,54)/t48?,49-,50-/m1/s1. The fourth-order valence-corrected chi connectivity index (χ4v) is 9.60. The minimum Gasteiger partial charge on any atom is -0.469 e. The van der Waals surface area contributed by atoms with Crippen LogP contribution in [0.5, 0.6) is 0 Å². The van der Waals surface area contributed by atoms with Crippen molar-refractivity contribution in [1.29, 1.82) is 0 Å². The molecule has 0 bridgehead atoms. The predicted octanol–water partition coefficient (Wildman–Crippen LogP) is 16.3. The van der Waals surface area contributed by atoms with Gasteiger partial charge in [0.2, 0.25) is 0 Å². The summed E-state index contributed by atoms with van der Waals surface area (Å²) >= 11 is 1.78. The molecule has 0 aromatic heterocycles. The lowest BCUT2D eigenvalue weighted by molar-refractivity contribution is -0.160. The van der Waals surface area contributed by atoms with E-state index in [0.29, 0.717) is 0 Å². The summed E-state index contributed by atoms with van der Waals surface area (Å²) in [6.07, 6.45) is 46.0. The summed E-state index contributed by atoms with van der Waals surface area (Å²) in [7, 11) is 1.46. The smallest absolute Gasteiger partial charge is 0.312 e. The second-order valence-electron chi connectivity index (χ2n) is 17.8. The van der Waals surface area contributed by atoms with E-state index in [1.54, 1.807) is 11.9 Å². The Morgan fingerprint density at radius 3 is 1.42 bits per heavy atom. The van der Waals surface area contributed by atoms with Crippen LogP contribution in [0.1, 0.15) is 257 Å². The maximum atomic E-state index is 12.8. The highest BCUT2D eigenvalue weighted by molar-refractivity contribution is 7.96. The summed E-state index contributed by atoms with van der Waals surface area (Å²) < 4.78 is 13.0. The number of hydrazine groups is 1. The molecule has 3 atom stereocenters. The van der Waals surface area contributed by atoms with Gasteiger partial charge in [0.15, 0.2) is 6.17 Å². The average molecular weight is 857 g/mol. The summed E-state index contributed by atoms with van der Waals surface area (Å²) in [4.78, 5) is 24.8. The molecule has 1 N–H and O–H groups in total. The molecule has 8 nitrogen and oxygen atoms in total. The highest BCUT2D eigenvalue weighted by Gasteiger charge is 2.31. The van der Waals surface area contributed by atoms with Crippen LogP contribution < -0.4 is 5.53 Å². The quantitative estimate of drug-likeness (QED) is 0.0397. The summed E-state index contributed by atoms with van der Waals surface area (Å²) in [5.41, 5.74) is 4.18. The Hall–Kier alpha value is -2.13. The van der Waals surface area contributed by atoms with Crippen LogP contribution in [0, 0.1) is 5.92 Å². The summed E-state index contributed by atoms with van der Waals surface area (Å²) in [5, 5.41) is 8.35. The third-order valence-corrected chi connectivity index (χ3v) is 13.4. The Labute approximate surface area is 373 Å². The molecule has 0 saturated carbocycles. The summed E-state index contributed by atoms with van der Waals surface area (Å²) in [6, 6.07) is 10.3. The van der Waals surface area contributed by atoms with Gasteiger partial charge in [-0.15, -0.1) is 9.53 Å². The van der Waals surface area contributed by atoms with Crippen molar-refractivity contribution in [2.45, 2.75) is 257 Å².